The second kappa shape index (κ2) is 7.77. The van der Waals surface area contributed by atoms with Crippen molar-refractivity contribution in [3.63, 3.8) is 0 Å². The average molecular weight is 345 g/mol. The third-order valence-electron chi connectivity index (χ3n) is 6.14. The Balaban J connectivity index is 1.52. The summed E-state index contributed by atoms with van der Waals surface area (Å²) < 4.78 is 6.63. The third-order valence-corrected chi connectivity index (χ3v) is 6.14. The zero-order valence-corrected chi connectivity index (χ0v) is 16.6. The number of ether oxygens (including phenoxy) is 1. The lowest BCUT2D eigenvalue weighted by atomic mass is 9.79. The highest BCUT2D eigenvalue weighted by Gasteiger charge is 2.46. The highest BCUT2D eigenvalue weighted by atomic mass is 16.5. The number of hydrogen-bond donors (Lipinski definition) is 0. The molecule has 2 fully saturated rings. The Morgan fingerprint density at radius 2 is 1.80 bits per heavy atom. The molecule has 0 radical (unpaired) electrons. The Kier molecular flexibility index (Phi) is 5.87. The van der Waals surface area contributed by atoms with Gasteiger partial charge in [0.15, 0.2) is 0 Å². The van der Waals surface area contributed by atoms with Gasteiger partial charge in [-0.2, -0.15) is 0 Å². The molecule has 1 saturated heterocycles. The Morgan fingerprint density at radius 1 is 1.12 bits per heavy atom. The monoisotopic (exact) mass is 344 g/mol. The number of morpholine rings is 1. The summed E-state index contributed by atoms with van der Waals surface area (Å²) >= 11 is 0. The van der Waals surface area contributed by atoms with Crippen molar-refractivity contribution in [2.75, 3.05) is 33.2 Å². The van der Waals surface area contributed by atoms with Crippen molar-refractivity contribution in [1.29, 1.82) is 0 Å². The topological polar surface area (TPSA) is 15.7 Å². The standard InChI is InChI=1S/C22H36N2O/c1-5-24-17-21(2,3)25-22(18-24)14-11-20(12-15-22)23(4)16-13-19-9-7-6-8-10-19/h6-10,20H,5,11-18H2,1-4H3/t20-,22+. The van der Waals surface area contributed by atoms with Crippen molar-refractivity contribution >= 4 is 0 Å². The smallest absolute Gasteiger partial charge is 0.0817 e. The molecule has 0 atom stereocenters. The molecule has 1 aromatic rings. The lowest BCUT2D eigenvalue weighted by Gasteiger charge is -2.53. The summed E-state index contributed by atoms with van der Waals surface area (Å²) in [7, 11) is 2.30. The van der Waals surface area contributed by atoms with E-state index in [4.69, 9.17) is 4.74 Å². The summed E-state index contributed by atoms with van der Waals surface area (Å²) in [6.07, 6.45) is 6.07. The van der Waals surface area contributed by atoms with Crippen LogP contribution in [0.1, 0.15) is 52.0 Å². The lowest BCUT2D eigenvalue weighted by molar-refractivity contribution is -0.211. The predicted octanol–water partition coefficient (Wildman–Crippen LogP) is 3.97. The maximum absolute atomic E-state index is 6.63. The first-order valence-electron chi connectivity index (χ1n) is 10.1. The molecule has 140 valence electrons. The summed E-state index contributed by atoms with van der Waals surface area (Å²) in [6, 6.07) is 11.6. The van der Waals surface area contributed by atoms with Gasteiger partial charge in [-0.3, -0.25) is 4.90 Å². The minimum atomic E-state index is -0.0136. The van der Waals surface area contributed by atoms with E-state index in [1.165, 1.54) is 31.2 Å². The van der Waals surface area contributed by atoms with Crippen LogP contribution in [0.25, 0.3) is 0 Å². The van der Waals surface area contributed by atoms with Gasteiger partial charge in [-0.05, 0) is 65.1 Å². The zero-order chi connectivity index (χ0) is 17.9. The maximum atomic E-state index is 6.63. The Morgan fingerprint density at radius 3 is 2.44 bits per heavy atom. The van der Waals surface area contributed by atoms with Gasteiger partial charge in [0.1, 0.15) is 0 Å². The molecule has 0 bridgehead atoms. The summed E-state index contributed by atoms with van der Waals surface area (Å²) in [5, 5.41) is 0. The molecule has 1 saturated carbocycles. The van der Waals surface area contributed by atoms with Crippen LogP contribution in [0.3, 0.4) is 0 Å². The molecule has 25 heavy (non-hydrogen) atoms. The predicted molar refractivity (Wildman–Crippen MR) is 105 cm³/mol. The second-order valence-corrected chi connectivity index (χ2v) is 8.80. The van der Waals surface area contributed by atoms with Crippen molar-refractivity contribution in [2.24, 2.45) is 0 Å². The van der Waals surface area contributed by atoms with E-state index < -0.39 is 0 Å². The van der Waals surface area contributed by atoms with E-state index in [0.717, 1.165) is 32.6 Å². The first kappa shape index (κ1) is 18.9. The number of nitrogens with zero attached hydrogens (tertiary/aromatic N) is 2. The van der Waals surface area contributed by atoms with E-state index in [1.807, 2.05) is 0 Å². The molecule has 3 nitrogen and oxygen atoms in total. The third kappa shape index (κ3) is 4.84. The molecule has 3 rings (SSSR count). The van der Waals surface area contributed by atoms with Gasteiger partial charge in [0.25, 0.3) is 0 Å². The van der Waals surface area contributed by atoms with E-state index >= 15 is 0 Å². The van der Waals surface area contributed by atoms with Gasteiger partial charge in [-0.25, -0.2) is 0 Å². The zero-order valence-electron chi connectivity index (χ0n) is 16.6. The van der Waals surface area contributed by atoms with Gasteiger partial charge in [-0.1, -0.05) is 37.3 Å². The Bertz CT molecular complexity index is 534. The lowest BCUT2D eigenvalue weighted by Crippen LogP contribution is -2.61. The quantitative estimate of drug-likeness (QED) is 0.804. The SMILES string of the molecule is CCN1CC(C)(C)O[C@]2(CC[C@@H](N(C)CCc3ccccc3)CC2)C1. The molecule has 3 heteroatoms. The molecule has 1 aromatic carbocycles. The van der Waals surface area contributed by atoms with Crippen LogP contribution in [0.4, 0.5) is 0 Å². The van der Waals surface area contributed by atoms with Crippen LogP contribution in [0.5, 0.6) is 0 Å². The van der Waals surface area contributed by atoms with Crippen LogP contribution in [-0.4, -0.2) is 60.3 Å². The van der Waals surface area contributed by atoms with Crippen molar-refractivity contribution in [3.05, 3.63) is 35.9 Å². The Labute approximate surface area is 154 Å². The summed E-state index contributed by atoms with van der Waals surface area (Å²) in [5.74, 6) is 0. The maximum Gasteiger partial charge on any atom is 0.0817 e. The average Bonchev–Trinajstić information content (AvgIpc) is 2.59. The van der Waals surface area contributed by atoms with E-state index in [1.54, 1.807) is 0 Å². The minimum Gasteiger partial charge on any atom is -0.366 e. The van der Waals surface area contributed by atoms with Gasteiger partial charge in [0, 0.05) is 25.7 Å². The van der Waals surface area contributed by atoms with E-state index in [2.05, 4.69) is 68.0 Å². The number of rotatable bonds is 5. The van der Waals surface area contributed by atoms with Crippen molar-refractivity contribution in [2.45, 2.75) is 70.1 Å². The summed E-state index contributed by atoms with van der Waals surface area (Å²) in [5.41, 5.74) is 1.52. The first-order chi connectivity index (χ1) is 11.9. The molecular formula is C22H36N2O. The van der Waals surface area contributed by atoms with Gasteiger partial charge >= 0.3 is 0 Å². The van der Waals surface area contributed by atoms with Crippen molar-refractivity contribution in [1.82, 2.24) is 9.80 Å². The summed E-state index contributed by atoms with van der Waals surface area (Å²) in [6.45, 7) is 11.3. The van der Waals surface area contributed by atoms with E-state index in [9.17, 15) is 0 Å². The molecule has 1 aliphatic carbocycles. The normalized spacial score (nSPS) is 30.0. The van der Waals surface area contributed by atoms with Crippen LogP contribution in [0.2, 0.25) is 0 Å². The highest BCUT2D eigenvalue weighted by molar-refractivity contribution is 5.14. The molecule has 0 N–H and O–H groups in total. The minimum absolute atomic E-state index is 0.0136. The van der Waals surface area contributed by atoms with Gasteiger partial charge in [0.2, 0.25) is 0 Å². The van der Waals surface area contributed by atoms with Gasteiger partial charge < -0.3 is 9.64 Å². The fraction of sp³-hybridized carbons (Fsp3) is 0.727. The van der Waals surface area contributed by atoms with E-state index in [-0.39, 0.29) is 11.2 Å². The number of likely N-dealkylation sites (N-methyl/N-ethyl adjacent to an activating group) is 2. The van der Waals surface area contributed by atoms with Crippen LogP contribution >= 0.6 is 0 Å². The fourth-order valence-corrected chi connectivity index (χ4v) is 4.84. The molecule has 1 spiro atoms. The van der Waals surface area contributed by atoms with Crippen molar-refractivity contribution in [3.8, 4) is 0 Å². The molecule has 0 aromatic heterocycles. The van der Waals surface area contributed by atoms with Gasteiger partial charge in [-0.15, -0.1) is 0 Å². The van der Waals surface area contributed by atoms with E-state index in [0.29, 0.717) is 6.04 Å². The summed E-state index contributed by atoms with van der Waals surface area (Å²) in [4.78, 5) is 5.16. The van der Waals surface area contributed by atoms with Crippen LogP contribution in [0.15, 0.2) is 30.3 Å². The van der Waals surface area contributed by atoms with Crippen LogP contribution in [0, 0.1) is 0 Å². The number of hydrogen-bond acceptors (Lipinski definition) is 3. The van der Waals surface area contributed by atoms with Gasteiger partial charge in [0.05, 0.1) is 11.2 Å². The molecule has 1 heterocycles. The molecular weight excluding hydrogens is 308 g/mol. The fourth-order valence-electron chi connectivity index (χ4n) is 4.84. The molecule has 1 aliphatic heterocycles. The first-order valence-corrected chi connectivity index (χ1v) is 10.1. The molecule has 0 amide bonds. The molecule has 2 aliphatic rings. The second-order valence-electron chi connectivity index (χ2n) is 8.80. The van der Waals surface area contributed by atoms with Crippen LogP contribution < -0.4 is 0 Å². The number of benzene rings is 1. The van der Waals surface area contributed by atoms with Crippen molar-refractivity contribution < 1.29 is 4.74 Å². The van der Waals surface area contributed by atoms with Crippen LogP contribution in [-0.2, 0) is 11.2 Å². The molecule has 0 unspecified atom stereocenters. The largest absolute Gasteiger partial charge is 0.366 e. The Hall–Kier alpha value is -0.900. The highest BCUT2D eigenvalue weighted by Crippen LogP contribution is 2.40.